The molecule has 1 N–H and O–H groups in total. The van der Waals surface area contributed by atoms with E-state index in [1.165, 1.54) is 11.8 Å². The number of benzene rings is 1. The summed E-state index contributed by atoms with van der Waals surface area (Å²) in [5, 5.41) is 10.5. The van der Waals surface area contributed by atoms with Crippen LogP contribution in [-0.4, -0.2) is 11.7 Å². The van der Waals surface area contributed by atoms with Crippen molar-refractivity contribution in [2.24, 2.45) is 0 Å². The Morgan fingerprint density at radius 2 is 2.26 bits per heavy atom. The van der Waals surface area contributed by atoms with E-state index in [9.17, 15) is 5.11 Å². The van der Waals surface area contributed by atoms with Crippen molar-refractivity contribution >= 4 is 27.5 Å². The maximum atomic E-state index is 10.3. The summed E-state index contributed by atoms with van der Waals surface area (Å²) in [6.45, 7) is 0.696. The Kier molecular flexibility index (Phi) is 3.56. The van der Waals surface area contributed by atoms with E-state index in [0.29, 0.717) is 18.6 Å². The predicted octanol–water partition coefficient (Wildman–Crippen LogP) is 3.91. The first-order valence-electron chi connectivity index (χ1n) is 6.00. The highest BCUT2D eigenvalue weighted by atomic mass is 79.9. The quantitative estimate of drug-likeness (QED) is 0.919. The van der Waals surface area contributed by atoms with Gasteiger partial charge in [0.25, 0.3) is 0 Å². The van der Waals surface area contributed by atoms with E-state index >= 15 is 0 Å². The van der Waals surface area contributed by atoms with Crippen LogP contribution in [0.15, 0.2) is 33.4 Å². The lowest BCUT2D eigenvalue weighted by atomic mass is 10.0. The Morgan fingerprint density at radius 1 is 1.42 bits per heavy atom. The normalized spacial score (nSPS) is 15.1. The van der Waals surface area contributed by atoms with Gasteiger partial charge in [-0.1, -0.05) is 15.9 Å². The number of rotatable bonds is 3. The highest BCUT2D eigenvalue weighted by Crippen LogP contribution is 2.36. The second-order valence-corrected chi connectivity index (χ2v) is 5.78. The number of aliphatic hydroxyl groups is 1. The van der Waals surface area contributed by atoms with Crippen molar-refractivity contribution in [2.45, 2.75) is 18.9 Å². The minimum Gasteiger partial charge on any atom is -0.493 e. The molecule has 3 nitrogen and oxygen atoms in total. The number of halogens is 2. The fourth-order valence-corrected chi connectivity index (χ4v) is 3.15. The summed E-state index contributed by atoms with van der Waals surface area (Å²) in [5.41, 5.74) is 2.76. The summed E-state index contributed by atoms with van der Waals surface area (Å²) < 4.78 is 11.6. The van der Waals surface area contributed by atoms with Crippen molar-refractivity contribution in [3.05, 3.63) is 50.8 Å². The van der Waals surface area contributed by atoms with Gasteiger partial charge < -0.3 is 14.3 Å². The van der Waals surface area contributed by atoms with Gasteiger partial charge in [0.1, 0.15) is 5.75 Å². The van der Waals surface area contributed by atoms with E-state index in [-0.39, 0.29) is 5.22 Å². The molecule has 2 aromatic rings. The molecular formula is C14H12BrClO3. The first kappa shape index (κ1) is 13.0. The minimum absolute atomic E-state index is 0.236. The third kappa shape index (κ3) is 2.53. The fraction of sp³-hybridized carbons (Fsp3) is 0.286. The maximum Gasteiger partial charge on any atom is 0.198 e. The molecular weight excluding hydrogens is 332 g/mol. The zero-order valence-electron chi connectivity index (χ0n) is 10.0. The van der Waals surface area contributed by atoms with Gasteiger partial charge in [-0.2, -0.15) is 0 Å². The van der Waals surface area contributed by atoms with Crippen molar-refractivity contribution in [2.75, 3.05) is 6.61 Å². The summed E-state index contributed by atoms with van der Waals surface area (Å²) in [4.78, 5) is 0. The van der Waals surface area contributed by atoms with Crippen LogP contribution in [0, 0.1) is 0 Å². The van der Waals surface area contributed by atoms with Gasteiger partial charge in [-0.3, -0.25) is 0 Å². The number of hydrogen-bond acceptors (Lipinski definition) is 3. The molecule has 3 rings (SSSR count). The van der Waals surface area contributed by atoms with Gasteiger partial charge in [0.15, 0.2) is 5.22 Å². The predicted molar refractivity (Wildman–Crippen MR) is 75.7 cm³/mol. The molecule has 1 aliphatic heterocycles. The van der Waals surface area contributed by atoms with Gasteiger partial charge in [-0.15, -0.1) is 0 Å². The molecule has 19 heavy (non-hydrogen) atoms. The molecule has 0 radical (unpaired) electrons. The van der Waals surface area contributed by atoms with Crippen LogP contribution in [0.1, 0.15) is 22.8 Å². The lowest BCUT2D eigenvalue weighted by Gasteiger charge is -2.13. The van der Waals surface area contributed by atoms with Crippen LogP contribution in [0.3, 0.4) is 0 Å². The number of furan rings is 1. The number of aliphatic hydroxyl groups excluding tert-OH is 1. The highest BCUT2D eigenvalue weighted by molar-refractivity contribution is 9.10. The number of hydrogen-bond donors (Lipinski definition) is 1. The molecule has 0 saturated carbocycles. The molecule has 1 atom stereocenters. The molecule has 0 saturated heterocycles. The lowest BCUT2D eigenvalue weighted by molar-refractivity contribution is 0.176. The lowest BCUT2D eigenvalue weighted by Crippen LogP contribution is -2.03. The summed E-state index contributed by atoms with van der Waals surface area (Å²) in [5.74, 6) is 0.891. The molecule has 0 amide bonds. The Bertz CT molecular complexity index is 609. The molecule has 0 spiro atoms. The second-order valence-electron chi connectivity index (χ2n) is 4.52. The van der Waals surface area contributed by atoms with E-state index in [0.717, 1.165) is 22.2 Å². The Balaban J connectivity index is 1.90. The van der Waals surface area contributed by atoms with Crippen molar-refractivity contribution in [1.82, 2.24) is 0 Å². The fourth-order valence-electron chi connectivity index (χ4n) is 2.36. The molecule has 100 valence electrons. The average molecular weight is 344 g/mol. The van der Waals surface area contributed by atoms with Crippen molar-refractivity contribution in [3.8, 4) is 5.75 Å². The summed E-state index contributed by atoms with van der Waals surface area (Å²) in [6.07, 6.45) is 2.13. The van der Waals surface area contributed by atoms with E-state index < -0.39 is 6.10 Å². The molecule has 1 unspecified atom stereocenters. The van der Waals surface area contributed by atoms with E-state index in [2.05, 4.69) is 22.0 Å². The van der Waals surface area contributed by atoms with Gasteiger partial charge in [0, 0.05) is 22.9 Å². The molecule has 1 aromatic heterocycles. The first-order valence-corrected chi connectivity index (χ1v) is 7.17. The van der Waals surface area contributed by atoms with Gasteiger partial charge in [-0.25, -0.2) is 0 Å². The Morgan fingerprint density at radius 3 is 3.00 bits per heavy atom. The maximum absolute atomic E-state index is 10.3. The van der Waals surface area contributed by atoms with Crippen LogP contribution in [0.4, 0.5) is 0 Å². The average Bonchev–Trinajstić information content (AvgIpc) is 2.97. The van der Waals surface area contributed by atoms with E-state index in [1.807, 2.05) is 6.07 Å². The largest absolute Gasteiger partial charge is 0.493 e. The standard InChI is InChI=1S/C14H12BrClO3/c15-10-5-8-1-3-18-13(8)9(6-10)7-12(17)11-2-4-19-14(11)16/h2,4-6,12,17H,1,3,7H2. The van der Waals surface area contributed by atoms with Crippen LogP contribution in [0.2, 0.25) is 5.22 Å². The van der Waals surface area contributed by atoms with Crippen molar-refractivity contribution in [1.29, 1.82) is 0 Å². The first-order chi connectivity index (χ1) is 9.15. The molecule has 0 aliphatic carbocycles. The van der Waals surface area contributed by atoms with Crippen LogP contribution >= 0.6 is 27.5 Å². The smallest absolute Gasteiger partial charge is 0.198 e. The van der Waals surface area contributed by atoms with Gasteiger partial charge in [-0.05, 0) is 40.9 Å². The monoisotopic (exact) mass is 342 g/mol. The highest BCUT2D eigenvalue weighted by Gasteiger charge is 2.21. The van der Waals surface area contributed by atoms with Gasteiger partial charge in [0.2, 0.25) is 0 Å². The number of ether oxygens (including phenoxy) is 1. The molecule has 2 heterocycles. The Hall–Kier alpha value is -0.970. The van der Waals surface area contributed by atoms with Crippen LogP contribution in [0.25, 0.3) is 0 Å². The second kappa shape index (κ2) is 5.19. The van der Waals surface area contributed by atoms with Gasteiger partial charge in [0.05, 0.1) is 19.0 Å². The zero-order valence-corrected chi connectivity index (χ0v) is 12.4. The Labute approximate surface area is 124 Å². The summed E-state index contributed by atoms with van der Waals surface area (Å²) in [7, 11) is 0. The molecule has 1 aliphatic rings. The topological polar surface area (TPSA) is 42.6 Å². The van der Waals surface area contributed by atoms with E-state index in [1.54, 1.807) is 6.07 Å². The molecule has 5 heteroatoms. The third-order valence-electron chi connectivity index (χ3n) is 3.24. The SMILES string of the molecule is OC(Cc1cc(Br)cc2c1OCC2)c1ccoc1Cl. The summed E-state index contributed by atoms with van der Waals surface area (Å²) >= 11 is 9.37. The summed E-state index contributed by atoms with van der Waals surface area (Å²) in [6, 6.07) is 5.72. The van der Waals surface area contributed by atoms with Crippen molar-refractivity contribution < 1.29 is 14.3 Å². The van der Waals surface area contributed by atoms with Crippen LogP contribution in [-0.2, 0) is 12.8 Å². The molecule has 1 aromatic carbocycles. The molecule has 0 fully saturated rings. The van der Waals surface area contributed by atoms with Gasteiger partial charge >= 0.3 is 0 Å². The van der Waals surface area contributed by atoms with E-state index in [4.69, 9.17) is 20.8 Å². The number of fused-ring (bicyclic) bond motifs is 1. The third-order valence-corrected chi connectivity index (χ3v) is 4.01. The minimum atomic E-state index is -0.700. The van der Waals surface area contributed by atoms with Crippen LogP contribution in [0.5, 0.6) is 5.75 Å². The van der Waals surface area contributed by atoms with Crippen molar-refractivity contribution in [3.63, 3.8) is 0 Å². The van der Waals surface area contributed by atoms with Crippen LogP contribution < -0.4 is 4.74 Å². The zero-order chi connectivity index (χ0) is 13.4. The molecule has 0 bridgehead atoms.